The van der Waals surface area contributed by atoms with Crippen molar-refractivity contribution in [1.82, 2.24) is 15.2 Å². The Bertz CT molecular complexity index is 504. The molecule has 2 heterocycles. The number of aromatic nitrogens is 1. The van der Waals surface area contributed by atoms with Crippen LogP contribution >= 0.6 is 0 Å². The number of aromatic amines is 1. The van der Waals surface area contributed by atoms with Gasteiger partial charge in [-0.2, -0.15) is 0 Å². The third-order valence-corrected chi connectivity index (χ3v) is 4.91. The van der Waals surface area contributed by atoms with Crippen molar-refractivity contribution in [2.45, 2.75) is 57.5 Å². The summed E-state index contributed by atoms with van der Waals surface area (Å²) in [6.45, 7) is 1.10. The van der Waals surface area contributed by atoms with Gasteiger partial charge in [-0.25, -0.2) is 0 Å². The molecule has 0 unspecified atom stereocenters. The molecule has 1 saturated heterocycles. The van der Waals surface area contributed by atoms with Gasteiger partial charge in [-0.05, 0) is 25.0 Å². The Kier molecular flexibility index (Phi) is 4.80. The lowest BCUT2D eigenvalue weighted by Gasteiger charge is -2.27. The third-order valence-electron chi connectivity index (χ3n) is 4.91. The lowest BCUT2D eigenvalue weighted by atomic mass is 10.1. The zero-order valence-corrected chi connectivity index (χ0v) is 13.0. The molecule has 0 radical (unpaired) electrons. The van der Waals surface area contributed by atoms with E-state index in [0.717, 1.165) is 18.5 Å². The standard InChI is InChI=1S/C17H25N3O2/c21-16-10-13(17(22)19-11-14-6-5-9-18-14)12-20(16)15-7-3-1-2-4-8-15/h5-6,9,13,15,18H,1-4,7-8,10-12H2,(H,19,22)/t13-/m1/s1. The lowest BCUT2D eigenvalue weighted by Crippen LogP contribution is -2.38. The second-order valence-electron chi connectivity index (χ2n) is 6.51. The van der Waals surface area contributed by atoms with E-state index >= 15 is 0 Å². The first kappa shape index (κ1) is 15.1. The van der Waals surface area contributed by atoms with Crippen molar-refractivity contribution in [3.05, 3.63) is 24.0 Å². The highest BCUT2D eigenvalue weighted by atomic mass is 16.2. The molecule has 2 fully saturated rings. The maximum Gasteiger partial charge on any atom is 0.225 e. The van der Waals surface area contributed by atoms with Gasteiger partial charge in [0.15, 0.2) is 0 Å². The molecule has 1 aromatic rings. The smallest absolute Gasteiger partial charge is 0.225 e. The van der Waals surface area contributed by atoms with Gasteiger partial charge in [-0.1, -0.05) is 25.7 Å². The quantitative estimate of drug-likeness (QED) is 0.838. The normalized spacial score (nSPS) is 23.5. The average Bonchev–Trinajstić information content (AvgIpc) is 3.08. The highest BCUT2D eigenvalue weighted by Gasteiger charge is 2.37. The maximum absolute atomic E-state index is 12.3. The highest BCUT2D eigenvalue weighted by Crippen LogP contribution is 2.28. The molecule has 3 rings (SSSR count). The number of likely N-dealkylation sites (tertiary alicyclic amines) is 1. The Morgan fingerprint density at radius 2 is 2.05 bits per heavy atom. The number of carbonyl (C=O) groups excluding carboxylic acids is 2. The van der Waals surface area contributed by atoms with Gasteiger partial charge in [0.25, 0.3) is 0 Å². The minimum Gasteiger partial charge on any atom is -0.364 e. The summed E-state index contributed by atoms with van der Waals surface area (Å²) < 4.78 is 0. The summed E-state index contributed by atoms with van der Waals surface area (Å²) >= 11 is 0. The average molecular weight is 303 g/mol. The molecule has 2 amide bonds. The number of hydrogen-bond acceptors (Lipinski definition) is 2. The molecule has 0 bridgehead atoms. The van der Waals surface area contributed by atoms with Gasteiger partial charge < -0.3 is 15.2 Å². The fourth-order valence-corrected chi connectivity index (χ4v) is 3.63. The maximum atomic E-state index is 12.3. The van der Waals surface area contributed by atoms with E-state index in [4.69, 9.17) is 0 Å². The number of nitrogens with one attached hydrogen (secondary N) is 2. The van der Waals surface area contributed by atoms with Crippen LogP contribution in [0.25, 0.3) is 0 Å². The van der Waals surface area contributed by atoms with Crippen molar-refractivity contribution in [2.75, 3.05) is 6.54 Å². The second kappa shape index (κ2) is 6.99. The first-order valence-corrected chi connectivity index (χ1v) is 8.43. The molecule has 0 spiro atoms. The molecular weight excluding hydrogens is 278 g/mol. The Balaban J connectivity index is 1.53. The molecule has 1 atom stereocenters. The third kappa shape index (κ3) is 3.51. The topological polar surface area (TPSA) is 65.2 Å². The molecular formula is C17H25N3O2. The molecule has 5 nitrogen and oxygen atoms in total. The molecule has 1 aliphatic carbocycles. The zero-order chi connectivity index (χ0) is 15.4. The van der Waals surface area contributed by atoms with Crippen LogP contribution in [-0.2, 0) is 16.1 Å². The van der Waals surface area contributed by atoms with Crippen molar-refractivity contribution >= 4 is 11.8 Å². The zero-order valence-electron chi connectivity index (χ0n) is 13.0. The van der Waals surface area contributed by atoms with Gasteiger partial charge in [-0.3, -0.25) is 9.59 Å². The van der Waals surface area contributed by atoms with E-state index in [1.807, 2.05) is 23.2 Å². The molecule has 22 heavy (non-hydrogen) atoms. The largest absolute Gasteiger partial charge is 0.364 e. The molecule has 1 aromatic heterocycles. The van der Waals surface area contributed by atoms with Gasteiger partial charge in [0.2, 0.25) is 11.8 Å². The van der Waals surface area contributed by atoms with Gasteiger partial charge in [0, 0.05) is 30.9 Å². The summed E-state index contributed by atoms with van der Waals surface area (Å²) in [6.07, 6.45) is 9.37. The van der Waals surface area contributed by atoms with Crippen LogP contribution in [0.15, 0.2) is 18.3 Å². The summed E-state index contributed by atoms with van der Waals surface area (Å²) in [5.74, 6) is -0.0308. The summed E-state index contributed by atoms with van der Waals surface area (Å²) in [4.78, 5) is 29.6. The molecule has 1 saturated carbocycles. The van der Waals surface area contributed by atoms with Crippen molar-refractivity contribution in [3.8, 4) is 0 Å². The van der Waals surface area contributed by atoms with E-state index in [1.54, 1.807) is 0 Å². The predicted molar refractivity (Wildman–Crippen MR) is 83.9 cm³/mol. The summed E-state index contributed by atoms with van der Waals surface area (Å²) in [5.41, 5.74) is 0.985. The Morgan fingerprint density at radius 1 is 1.27 bits per heavy atom. The van der Waals surface area contributed by atoms with Crippen molar-refractivity contribution in [2.24, 2.45) is 5.92 Å². The van der Waals surface area contributed by atoms with E-state index in [2.05, 4.69) is 10.3 Å². The van der Waals surface area contributed by atoms with Crippen LogP contribution < -0.4 is 5.32 Å². The Morgan fingerprint density at radius 3 is 2.73 bits per heavy atom. The number of nitrogens with zero attached hydrogens (tertiary/aromatic N) is 1. The van der Waals surface area contributed by atoms with Crippen LogP contribution in [0.5, 0.6) is 0 Å². The number of carbonyl (C=O) groups is 2. The first-order chi connectivity index (χ1) is 10.7. The van der Waals surface area contributed by atoms with Crippen molar-refractivity contribution in [3.63, 3.8) is 0 Å². The molecule has 0 aromatic carbocycles. The minimum atomic E-state index is -0.189. The van der Waals surface area contributed by atoms with Gasteiger partial charge in [-0.15, -0.1) is 0 Å². The van der Waals surface area contributed by atoms with Crippen LogP contribution in [0.3, 0.4) is 0 Å². The Hall–Kier alpha value is -1.78. The minimum absolute atomic E-state index is 0.000859. The summed E-state index contributed by atoms with van der Waals surface area (Å²) in [5, 5.41) is 2.93. The molecule has 5 heteroatoms. The predicted octanol–water partition coefficient (Wildman–Crippen LogP) is 2.20. The van der Waals surface area contributed by atoms with Crippen LogP contribution in [0.2, 0.25) is 0 Å². The number of rotatable bonds is 4. The second-order valence-corrected chi connectivity index (χ2v) is 6.51. The monoisotopic (exact) mass is 303 g/mol. The van der Waals surface area contributed by atoms with Crippen LogP contribution in [0, 0.1) is 5.92 Å². The molecule has 1 aliphatic heterocycles. The number of amides is 2. The number of H-pyrrole nitrogens is 1. The van der Waals surface area contributed by atoms with Gasteiger partial charge in [0.05, 0.1) is 12.5 Å². The number of hydrogen-bond donors (Lipinski definition) is 2. The summed E-state index contributed by atoms with van der Waals surface area (Å²) in [6, 6.07) is 4.21. The van der Waals surface area contributed by atoms with Crippen molar-refractivity contribution < 1.29 is 9.59 Å². The van der Waals surface area contributed by atoms with Crippen molar-refractivity contribution in [1.29, 1.82) is 0 Å². The van der Waals surface area contributed by atoms with E-state index in [0.29, 0.717) is 25.6 Å². The molecule has 120 valence electrons. The van der Waals surface area contributed by atoms with Crippen LogP contribution in [0.4, 0.5) is 0 Å². The fraction of sp³-hybridized carbons (Fsp3) is 0.647. The van der Waals surface area contributed by atoms with E-state index in [9.17, 15) is 9.59 Å². The fourth-order valence-electron chi connectivity index (χ4n) is 3.63. The van der Waals surface area contributed by atoms with Crippen LogP contribution in [0.1, 0.15) is 50.6 Å². The summed E-state index contributed by atoms with van der Waals surface area (Å²) in [7, 11) is 0. The first-order valence-electron chi connectivity index (χ1n) is 8.43. The highest BCUT2D eigenvalue weighted by molar-refractivity contribution is 5.89. The Labute approximate surface area is 131 Å². The van der Waals surface area contributed by atoms with E-state index < -0.39 is 0 Å². The molecule has 2 aliphatic rings. The van der Waals surface area contributed by atoms with Crippen LogP contribution in [-0.4, -0.2) is 34.3 Å². The SMILES string of the molecule is O=C(NCc1ccc[nH]1)[C@@H]1CC(=O)N(C2CCCCCC2)C1. The van der Waals surface area contributed by atoms with Gasteiger partial charge >= 0.3 is 0 Å². The van der Waals surface area contributed by atoms with E-state index in [1.165, 1.54) is 25.7 Å². The van der Waals surface area contributed by atoms with Gasteiger partial charge in [0.1, 0.15) is 0 Å². The molecule has 2 N–H and O–H groups in total. The van der Waals surface area contributed by atoms with E-state index in [-0.39, 0.29) is 17.7 Å². The lowest BCUT2D eigenvalue weighted by molar-refractivity contribution is -0.130.